The predicted octanol–water partition coefficient (Wildman–Crippen LogP) is 3.08. The summed E-state index contributed by atoms with van der Waals surface area (Å²) in [5.41, 5.74) is -0.470. The SMILES string of the molecule is CCC(C)N1C(=O)C(C(C)C)NC12CCN(S(=O)(=O)c1cccc(Cl)c1)CC2. The Bertz CT molecular complexity index is 835. The van der Waals surface area contributed by atoms with Gasteiger partial charge in [-0.05, 0) is 50.3 Å². The normalized spacial score (nSPS) is 24.3. The molecule has 0 radical (unpaired) electrons. The van der Waals surface area contributed by atoms with Gasteiger partial charge in [0.1, 0.15) is 0 Å². The lowest BCUT2D eigenvalue weighted by molar-refractivity contribution is -0.136. The molecule has 0 aromatic heterocycles. The summed E-state index contributed by atoms with van der Waals surface area (Å²) >= 11 is 5.98. The number of benzene rings is 1. The van der Waals surface area contributed by atoms with Crippen molar-refractivity contribution in [2.45, 2.75) is 69.6 Å². The summed E-state index contributed by atoms with van der Waals surface area (Å²) in [4.78, 5) is 15.3. The fourth-order valence-corrected chi connectivity index (χ4v) is 6.06. The van der Waals surface area contributed by atoms with E-state index >= 15 is 0 Å². The molecule has 2 unspecified atom stereocenters. The number of halogens is 1. The fraction of sp³-hybridized carbons (Fsp3) is 0.650. The molecule has 28 heavy (non-hydrogen) atoms. The number of nitrogens with one attached hydrogen (secondary N) is 1. The maximum atomic E-state index is 13.1. The quantitative estimate of drug-likeness (QED) is 0.783. The summed E-state index contributed by atoms with van der Waals surface area (Å²) < 4.78 is 27.5. The molecule has 1 aromatic rings. The third-order valence-corrected chi connectivity index (χ3v) is 8.20. The van der Waals surface area contributed by atoms with E-state index in [-0.39, 0.29) is 28.8 Å². The third kappa shape index (κ3) is 3.70. The summed E-state index contributed by atoms with van der Waals surface area (Å²) in [6.45, 7) is 8.97. The van der Waals surface area contributed by atoms with Crippen molar-refractivity contribution in [2.75, 3.05) is 13.1 Å². The van der Waals surface area contributed by atoms with Crippen LogP contribution in [-0.2, 0) is 14.8 Å². The molecule has 8 heteroatoms. The van der Waals surface area contributed by atoms with E-state index < -0.39 is 15.7 Å². The van der Waals surface area contributed by atoms with E-state index in [0.717, 1.165) is 6.42 Å². The van der Waals surface area contributed by atoms with Crippen molar-refractivity contribution >= 4 is 27.5 Å². The Hall–Kier alpha value is -1.15. The smallest absolute Gasteiger partial charge is 0.243 e. The molecule has 1 aromatic carbocycles. The molecular formula is C20H30ClN3O3S. The summed E-state index contributed by atoms with van der Waals surface area (Å²) in [5, 5.41) is 3.98. The topological polar surface area (TPSA) is 69.7 Å². The molecule has 2 aliphatic heterocycles. The van der Waals surface area contributed by atoms with Gasteiger partial charge in [-0.15, -0.1) is 0 Å². The van der Waals surface area contributed by atoms with Crippen molar-refractivity contribution in [3.8, 4) is 0 Å². The standard InChI is InChI=1S/C20H30ClN3O3S/c1-5-15(4)24-19(25)18(14(2)3)22-20(24)9-11-23(12-10-20)28(26,27)17-8-6-7-16(21)13-17/h6-8,13-15,18,22H,5,9-12H2,1-4H3. The van der Waals surface area contributed by atoms with Crippen LogP contribution in [0.1, 0.15) is 47.0 Å². The fourth-order valence-electron chi connectivity index (χ4n) is 4.31. The lowest BCUT2D eigenvalue weighted by Gasteiger charge is -2.46. The molecule has 2 fully saturated rings. The zero-order valence-electron chi connectivity index (χ0n) is 17.0. The van der Waals surface area contributed by atoms with Crippen LogP contribution < -0.4 is 5.32 Å². The molecule has 2 heterocycles. The third-order valence-electron chi connectivity index (χ3n) is 6.07. The number of sulfonamides is 1. The van der Waals surface area contributed by atoms with Crippen molar-refractivity contribution in [1.82, 2.24) is 14.5 Å². The molecule has 156 valence electrons. The van der Waals surface area contributed by atoms with Gasteiger partial charge in [0, 0.05) is 24.2 Å². The Labute approximate surface area is 173 Å². The van der Waals surface area contributed by atoms with Gasteiger partial charge in [-0.25, -0.2) is 8.42 Å². The number of carbonyl (C=O) groups excluding carboxylic acids is 1. The van der Waals surface area contributed by atoms with Crippen molar-refractivity contribution in [3.63, 3.8) is 0 Å². The zero-order valence-corrected chi connectivity index (χ0v) is 18.6. The highest BCUT2D eigenvalue weighted by molar-refractivity contribution is 7.89. The number of hydrogen-bond acceptors (Lipinski definition) is 4. The van der Waals surface area contributed by atoms with Crippen LogP contribution >= 0.6 is 11.6 Å². The minimum Gasteiger partial charge on any atom is -0.320 e. The summed E-state index contributed by atoms with van der Waals surface area (Å²) in [6.07, 6.45) is 2.02. The number of carbonyl (C=O) groups is 1. The molecular weight excluding hydrogens is 398 g/mol. The van der Waals surface area contributed by atoms with Crippen LogP contribution in [0.2, 0.25) is 5.02 Å². The molecule has 2 saturated heterocycles. The molecule has 0 aliphatic carbocycles. The number of amides is 1. The Morgan fingerprint density at radius 1 is 1.25 bits per heavy atom. The summed E-state index contributed by atoms with van der Waals surface area (Å²) in [7, 11) is -3.60. The van der Waals surface area contributed by atoms with Crippen molar-refractivity contribution < 1.29 is 13.2 Å². The van der Waals surface area contributed by atoms with Crippen LogP contribution in [-0.4, -0.2) is 54.4 Å². The molecule has 6 nitrogen and oxygen atoms in total. The highest BCUT2D eigenvalue weighted by atomic mass is 35.5. The van der Waals surface area contributed by atoms with Gasteiger partial charge in [-0.1, -0.05) is 38.4 Å². The molecule has 0 bridgehead atoms. The molecule has 1 spiro atoms. The second-order valence-electron chi connectivity index (χ2n) is 8.22. The van der Waals surface area contributed by atoms with E-state index in [9.17, 15) is 13.2 Å². The van der Waals surface area contributed by atoms with Gasteiger partial charge in [-0.3, -0.25) is 10.1 Å². The van der Waals surface area contributed by atoms with Gasteiger partial charge in [0.15, 0.2) is 0 Å². The van der Waals surface area contributed by atoms with E-state index in [1.807, 2.05) is 18.7 Å². The largest absolute Gasteiger partial charge is 0.320 e. The Kier molecular flexibility index (Phi) is 6.11. The average molecular weight is 428 g/mol. The van der Waals surface area contributed by atoms with E-state index in [2.05, 4.69) is 19.2 Å². The van der Waals surface area contributed by atoms with Crippen LogP contribution in [0.15, 0.2) is 29.2 Å². The first-order valence-electron chi connectivity index (χ1n) is 9.99. The second-order valence-corrected chi connectivity index (χ2v) is 10.6. The Balaban J connectivity index is 1.83. The number of rotatable bonds is 5. The van der Waals surface area contributed by atoms with Crippen LogP contribution in [0, 0.1) is 5.92 Å². The molecule has 2 aliphatic rings. The van der Waals surface area contributed by atoms with Crippen LogP contribution in [0.5, 0.6) is 0 Å². The first kappa shape index (κ1) is 21.6. The van der Waals surface area contributed by atoms with E-state index in [1.54, 1.807) is 18.2 Å². The predicted molar refractivity (Wildman–Crippen MR) is 111 cm³/mol. The second kappa shape index (κ2) is 7.94. The lowest BCUT2D eigenvalue weighted by Crippen LogP contribution is -2.61. The Morgan fingerprint density at radius 3 is 2.43 bits per heavy atom. The van der Waals surface area contributed by atoms with Crippen molar-refractivity contribution in [3.05, 3.63) is 29.3 Å². The van der Waals surface area contributed by atoms with Crippen molar-refractivity contribution in [1.29, 1.82) is 0 Å². The molecule has 0 saturated carbocycles. The maximum Gasteiger partial charge on any atom is 0.243 e. The summed E-state index contributed by atoms with van der Waals surface area (Å²) in [6, 6.07) is 6.26. The molecule has 2 atom stereocenters. The summed E-state index contributed by atoms with van der Waals surface area (Å²) in [5.74, 6) is 0.321. The highest BCUT2D eigenvalue weighted by Gasteiger charge is 2.54. The molecule has 1 N–H and O–H groups in total. The van der Waals surface area contributed by atoms with Gasteiger partial charge in [0.2, 0.25) is 15.9 Å². The number of piperidine rings is 1. The average Bonchev–Trinajstić information content (AvgIpc) is 2.93. The minimum absolute atomic E-state index is 0.111. The van der Waals surface area contributed by atoms with E-state index in [4.69, 9.17) is 11.6 Å². The van der Waals surface area contributed by atoms with Gasteiger partial charge in [0.05, 0.1) is 16.6 Å². The number of hydrogen-bond donors (Lipinski definition) is 1. The van der Waals surface area contributed by atoms with Gasteiger partial charge >= 0.3 is 0 Å². The highest BCUT2D eigenvalue weighted by Crippen LogP contribution is 2.37. The van der Waals surface area contributed by atoms with E-state index in [1.165, 1.54) is 10.4 Å². The van der Waals surface area contributed by atoms with Crippen LogP contribution in [0.25, 0.3) is 0 Å². The lowest BCUT2D eigenvalue weighted by atomic mass is 9.95. The van der Waals surface area contributed by atoms with Gasteiger partial charge < -0.3 is 4.90 Å². The minimum atomic E-state index is -3.60. The van der Waals surface area contributed by atoms with Crippen LogP contribution in [0.3, 0.4) is 0 Å². The first-order chi connectivity index (χ1) is 13.1. The molecule has 3 rings (SSSR count). The monoisotopic (exact) mass is 427 g/mol. The van der Waals surface area contributed by atoms with E-state index in [0.29, 0.717) is 31.0 Å². The van der Waals surface area contributed by atoms with Crippen molar-refractivity contribution in [2.24, 2.45) is 5.92 Å². The maximum absolute atomic E-state index is 13.1. The van der Waals surface area contributed by atoms with Gasteiger partial charge in [0.25, 0.3) is 0 Å². The molecule has 1 amide bonds. The zero-order chi connectivity index (χ0) is 20.7. The van der Waals surface area contributed by atoms with Crippen LogP contribution in [0.4, 0.5) is 0 Å². The number of nitrogens with zero attached hydrogens (tertiary/aromatic N) is 2. The first-order valence-corrected chi connectivity index (χ1v) is 11.8. The van der Waals surface area contributed by atoms with Gasteiger partial charge in [-0.2, -0.15) is 4.31 Å². The Morgan fingerprint density at radius 2 is 1.89 bits per heavy atom.